The van der Waals surface area contributed by atoms with Crippen LogP contribution in [0.1, 0.15) is 50.1 Å². The molecule has 45 heavy (non-hydrogen) atoms. The molecule has 7 rings (SSSR count). The molecule has 0 radical (unpaired) electrons. The molecule has 3 nitrogen and oxygen atoms in total. The summed E-state index contributed by atoms with van der Waals surface area (Å²) in [6, 6.07) is 36.5. The maximum atomic E-state index is 9.09. The number of nitrogens with zero attached hydrogens (tertiary/aromatic N) is 3. The van der Waals surface area contributed by atoms with Crippen LogP contribution in [-0.2, 0) is 0 Å². The van der Waals surface area contributed by atoms with Crippen LogP contribution < -0.4 is 0 Å². The van der Waals surface area contributed by atoms with Crippen molar-refractivity contribution in [2.75, 3.05) is 0 Å². The molecule has 0 fully saturated rings. The van der Waals surface area contributed by atoms with Crippen molar-refractivity contribution in [3.05, 3.63) is 159 Å². The molecule has 0 saturated carbocycles. The standard InChI is InChI=1S/C42H21N3/c43-25-37-22-40(37)34-13-7-28(8-14-34)1-4-31-19-32(5-2-29-9-15-35(16-10-29)41-23-38(41)26-44)21-33(20-31)6-3-30-11-17-36(18-12-30)42-24-39(42)27-45/h7-24,37-39H. The first-order valence-corrected chi connectivity index (χ1v) is 14.5. The molecule has 3 heteroatoms. The normalized spacial score (nSPS) is 17.8. The van der Waals surface area contributed by atoms with Gasteiger partial charge in [-0.05, 0) is 88.0 Å². The Balaban J connectivity index is 1.15. The van der Waals surface area contributed by atoms with E-state index in [2.05, 4.69) is 53.7 Å². The Morgan fingerprint density at radius 1 is 0.333 bits per heavy atom. The molecule has 3 atom stereocenters. The van der Waals surface area contributed by atoms with Crippen LogP contribution in [-0.4, -0.2) is 0 Å². The number of hydrogen-bond acceptors (Lipinski definition) is 3. The summed E-state index contributed by atoms with van der Waals surface area (Å²) in [6.07, 6.45) is 5.88. The molecule has 3 unspecified atom stereocenters. The summed E-state index contributed by atoms with van der Waals surface area (Å²) < 4.78 is 0. The van der Waals surface area contributed by atoms with Crippen molar-refractivity contribution in [2.24, 2.45) is 17.8 Å². The van der Waals surface area contributed by atoms with Gasteiger partial charge in [-0.1, -0.05) is 90.1 Å². The SMILES string of the molecule is N#CC1C=C1c1ccc(C#Cc2cc(C#Cc3ccc(C4=CC4C#N)cc3)cc(C#Cc3ccc(C4=CC4C#N)cc3)c2)cc1. The molecule has 4 aromatic carbocycles. The van der Waals surface area contributed by atoms with E-state index in [1.165, 1.54) is 0 Å². The zero-order valence-corrected chi connectivity index (χ0v) is 24.0. The van der Waals surface area contributed by atoms with Gasteiger partial charge in [-0.2, -0.15) is 15.8 Å². The number of allylic oxidation sites excluding steroid dienone is 6. The lowest BCUT2D eigenvalue weighted by Crippen LogP contribution is -1.86. The summed E-state index contributed by atoms with van der Waals surface area (Å²) in [5.74, 6) is 19.4. The minimum absolute atomic E-state index is 0.0702. The van der Waals surface area contributed by atoms with Gasteiger partial charge >= 0.3 is 0 Å². The van der Waals surface area contributed by atoms with E-state index < -0.39 is 0 Å². The van der Waals surface area contributed by atoms with Gasteiger partial charge in [0.1, 0.15) is 0 Å². The predicted octanol–water partition coefficient (Wildman–Crippen LogP) is 7.50. The van der Waals surface area contributed by atoms with Gasteiger partial charge in [0.25, 0.3) is 0 Å². The topological polar surface area (TPSA) is 71.4 Å². The van der Waals surface area contributed by atoms with Crippen LogP contribution in [0.4, 0.5) is 0 Å². The minimum Gasteiger partial charge on any atom is -0.197 e. The van der Waals surface area contributed by atoms with E-state index in [1.54, 1.807) is 0 Å². The molecule has 3 aliphatic rings. The van der Waals surface area contributed by atoms with E-state index in [-0.39, 0.29) is 17.8 Å². The zero-order chi connectivity index (χ0) is 30.8. The Morgan fingerprint density at radius 3 is 0.800 bits per heavy atom. The van der Waals surface area contributed by atoms with E-state index in [0.717, 1.165) is 66.8 Å². The quantitative estimate of drug-likeness (QED) is 0.241. The van der Waals surface area contributed by atoms with Crippen molar-refractivity contribution >= 4 is 16.7 Å². The Labute approximate surface area is 262 Å². The van der Waals surface area contributed by atoms with Gasteiger partial charge in [0, 0.05) is 33.4 Å². The van der Waals surface area contributed by atoms with E-state index in [4.69, 9.17) is 15.8 Å². The number of nitriles is 3. The molecular formula is C42H21N3. The van der Waals surface area contributed by atoms with Crippen molar-refractivity contribution in [2.45, 2.75) is 0 Å². The first kappa shape index (κ1) is 27.1. The number of hydrogen-bond donors (Lipinski definition) is 0. The smallest absolute Gasteiger partial charge is 0.0903 e. The van der Waals surface area contributed by atoms with Crippen molar-refractivity contribution in [3.63, 3.8) is 0 Å². The largest absolute Gasteiger partial charge is 0.197 e. The highest BCUT2D eigenvalue weighted by Crippen LogP contribution is 2.39. The highest BCUT2D eigenvalue weighted by Gasteiger charge is 2.26. The van der Waals surface area contributed by atoms with Crippen molar-refractivity contribution < 1.29 is 0 Å². The fourth-order valence-corrected chi connectivity index (χ4v) is 5.06. The average molecular weight is 568 g/mol. The van der Waals surface area contributed by atoms with Crippen molar-refractivity contribution in [3.8, 4) is 53.7 Å². The summed E-state index contributed by atoms with van der Waals surface area (Å²) in [5.41, 5.74) is 11.4. The van der Waals surface area contributed by atoms with E-state index in [1.807, 2.05) is 109 Å². The molecule has 4 aromatic rings. The van der Waals surface area contributed by atoms with Gasteiger partial charge in [0.15, 0.2) is 0 Å². The van der Waals surface area contributed by atoms with Crippen LogP contribution >= 0.6 is 0 Å². The van der Waals surface area contributed by atoms with Crippen LogP contribution in [0.3, 0.4) is 0 Å². The van der Waals surface area contributed by atoms with Crippen LogP contribution in [0.25, 0.3) is 16.7 Å². The van der Waals surface area contributed by atoms with Crippen LogP contribution in [0.2, 0.25) is 0 Å². The summed E-state index contributed by atoms with van der Waals surface area (Å²) in [5, 5.41) is 27.3. The highest BCUT2D eigenvalue weighted by molar-refractivity contribution is 5.84. The predicted molar refractivity (Wildman–Crippen MR) is 175 cm³/mol. The average Bonchev–Trinajstić information content (AvgIpc) is 3.98. The molecule has 3 aliphatic carbocycles. The fraction of sp³-hybridized carbons (Fsp3) is 0.0714. The molecule has 0 heterocycles. The summed E-state index contributed by atoms with van der Waals surface area (Å²) in [6.45, 7) is 0. The van der Waals surface area contributed by atoms with Gasteiger partial charge in [0.05, 0.1) is 36.0 Å². The first-order valence-electron chi connectivity index (χ1n) is 14.5. The zero-order valence-electron chi connectivity index (χ0n) is 24.0. The fourth-order valence-electron chi connectivity index (χ4n) is 5.06. The third kappa shape index (κ3) is 6.22. The Bertz CT molecular complexity index is 2010. The Kier molecular flexibility index (Phi) is 6.93. The van der Waals surface area contributed by atoms with Crippen molar-refractivity contribution in [1.29, 1.82) is 15.8 Å². The third-order valence-corrected chi connectivity index (χ3v) is 7.78. The maximum Gasteiger partial charge on any atom is 0.0903 e. The van der Waals surface area contributed by atoms with Gasteiger partial charge in [-0.3, -0.25) is 0 Å². The van der Waals surface area contributed by atoms with Gasteiger partial charge < -0.3 is 0 Å². The Morgan fingerprint density at radius 2 is 0.578 bits per heavy atom. The molecule has 0 aliphatic heterocycles. The molecule has 0 saturated heterocycles. The van der Waals surface area contributed by atoms with E-state index in [9.17, 15) is 0 Å². The first-order chi connectivity index (χ1) is 22.1. The van der Waals surface area contributed by atoms with Crippen LogP contribution in [0, 0.1) is 87.3 Å². The molecule has 204 valence electrons. The van der Waals surface area contributed by atoms with Gasteiger partial charge in [0.2, 0.25) is 0 Å². The minimum atomic E-state index is -0.0702. The maximum absolute atomic E-state index is 9.09. The molecule has 0 bridgehead atoms. The second-order valence-electron chi connectivity index (χ2n) is 11.0. The lowest BCUT2D eigenvalue weighted by Gasteiger charge is -1.99. The van der Waals surface area contributed by atoms with Gasteiger partial charge in [-0.15, -0.1) is 0 Å². The van der Waals surface area contributed by atoms with Gasteiger partial charge in [-0.25, -0.2) is 0 Å². The molecule has 0 spiro atoms. The second kappa shape index (κ2) is 11.5. The van der Waals surface area contributed by atoms with Crippen LogP contribution in [0.5, 0.6) is 0 Å². The molecule has 0 N–H and O–H groups in total. The molecule has 0 aromatic heterocycles. The molecular weight excluding hydrogens is 546 g/mol. The highest BCUT2D eigenvalue weighted by atomic mass is 14.4. The third-order valence-electron chi connectivity index (χ3n) is 7.78. The summed E-state index contributed by atoms with van der Waals surface area (Å²) in [7, 11) is 0. The lowest BCUT2D eigenvalue weighted by atomic mass is 10.0. The number of rotatable bonds is 3. The Hall–Kier alpha value is -6.75. The van der Waals surface area contributed by atoms with Crippen LogP contribution in [0.15, 0.2) is 109 Å². The second-order valence-corrected chi connectivity index (χ2v) is 11.0. The van der Waals surface area contributed by atoms with E-state index in [0.29, 0.717) is 0 Å². The van der Waals surface area contributed by atoms with E-state index >= 15 is 0 Å². The van der Waals surface area contributed by atoms with Crippen molar-refractivity contribution in [1.82, 2.24) is 0 Å². The lowest BCUT2D eigenvalue weighted by molar-refractivity contribution is 1.25. The summed E-state index contributed by atoms with van der Waals surface area (Å²) in [4.78, 5) is 0. The summed E-state index contributed by atoms with van der Waals surface area (Å²) >= 11 is 0. The number of benzene rings is 4. The monoisotopic (exact) mass is 567 g/mol. The molecule has 0 amide bonds.